The first-order valence-corrected chi connectivity index (χ1v) is 4.94. The second-order valence-corrected chi connectivity index (χ2v) is 3.44. The van der Waals surface area contributed by atoms with Gasteiger partial charge in [-0.2, -0.15) is 12.6 Å². The van der Waals surface area contributed by atoms with Crippen molar-refractivity contribution in [2.45, 2.75) is 12.3 Å². The van der Waals surface area contributed by atoms with Gasteiger partial charge in [0.15, 0.2) is 0 Å². The number of benzene rings is 1. The number of hydrogen-bond acceptors (Lipinski definition) is 2. The molecular formula is C10H12FNOS. The number of halogens is 1. The number of carbonyl (C=O) groups excluding carboxylic acids is 1. The Morgan fingerprint density at radius 2 is 2.14 bits per heavy atom. The average Bonchev–Trinajstić information content (AvgIpc) is 2.15. The number of nitrogens with two attached hydrogens (primary N) is 1. The lowest BCUT2D eigenvalue weighted by Gasteiger charge is -2.12. The normalized spacial score (nSPS) is 12.4. The van der Waals surface area contributed by atoms with Crippen molar-refractivity contribution in [1.29, 1.82) is 0 Å². The van der Waals surface area contributed by atoms with Crippen molar-refractivity contribution < 1.29 is 9.18 Å². The van der Waals surface area contributed by atoms with Gasteiger partial charge < -0.3 is 5.73 Å². The zero-order valence-corrected chi connectivity index (χ0v) is 8.51. The smallest absolute Gasteiger partial charge is 0.225 e. The molecule has 1 atom stereocenters. The van der Waals surface area contributed by atoms with Gasteiger partial charge in [0.1, 0.15) is 5.82 Å². The molecule has 2 N–H and O–H groups in total. The Hall–Kier alpha value is -1.03. The molecule has 0 fully saturated rings. The maximum atomic E-state index is 13.3. The van der Waals surface area contributed by atoms with E-state index < -0.39 is 17.6 Å². The van der Waals surface area contributed by atoms with Gasteiger partial charge in [-0.3, -0.25) is 4.79 Å². The number of hydrogen-bond donors (Lipinski definition) is 2. The minimum absolute atomic E-state index is 0.356. The van der Waals surface area contributed by atoms with E-state index in [1.807, 2.05) is 0 Å². The number of carbonyl (C=O) groups is 1. The minimum atomic E-state index is -0.575. The average molecular weight is 213 g/mol. The lowest BCUT2D eigenvalue weighted by atomic mass is 9.95. The summed E-state index contributed by atoms with van der Waals surface area (Å²) in [6.45, 7) is 0. The molecule has 0 aliphatic heterocycles. The number of amides is 1. The monoisotopic (exact) mass is 213 g/mol. The predicted molar refractivity (Wildman–Crippen MR) is 56.8 cm³/mol. The van der Waals surface area contributed by atoms with Crippen LogP contribution < -0.4 is 5.73 Å². The highest BCUT2D eigenvalue weighted by molar-refractivity contribution is 7.80. The molecule has 0 aliphatic carbocycles. The lowest BCUT2D eigenvalue weighted by Crippen LogP contribution is -2.22. The largest absolute Gasteiger partial charge is 0.369 e. The van der Waals surface area contributed by atoms with E-state index in [0.29, 0.717) is 17.7 Å². The molecule has 1 amide bonds. The van der Waals surface area contributed by atoms with Crippen molar-refractivity contribution >= 4 is 18.5 Å². The third kappa shape index (κ3) is 2.48. The van der Waals surface area contributed by atoms with Crippen LogP contribution in [0.1, 0.15) is 17.9 Å². The summed E-state index contributed by atoms with van der Waals surface area (Å²) in [4.78, 5) is 11.1. The topological polar surface area (TPSA) is 43.1 Å². The fourth-order valence-electron chi connectivity index (χ4n) is 1.34. The molecule has 0 saturated carbocycles. The van der Waals surface area contributed by atoms with Crippen LogP contribution >= 0.6 is 12.6 Å². The van der Waals surface area contributed by atoms with Crippen molar-refractivity contribution in [1.82, 2.24) is 0 Å². The SMILES string of the molecule is NC(=O)C(CCS)c1ccccc1F. The highest BCUT2D eigenvalue weighted by atomic mass is 32.1. The Morgan fingerprint density at radius 1 is 1.50 bits per heavy atom. The van der Waals surface area contributed by atoms with Crippen molar-refractivity contribution in [3.8, 4) is 0 Å². The molecule has 0 bridgehead atoms. The van der Waals surface area contributed by atoms with Crippen LogP contribution in [0.3, 0.4) is 0 Å². The molecule has 0 heterocycles. The van der Waals surface area contributed by atoms with Crippen molar-refractivity contribution in [2.24, 2.45) is 5.73 Å². The molecule has 14 heavy (non-hydrogen) atoms. The van der Waals surface area contributed by atoms with Crippen LogP contribution in [0, 0.1) is 5.82 Å². The third-order valence-electron chi connectivity index (χ3n) is 2.04. The second kappa shape index (κ2) is 5.00. The van der Waals surface area contributed by atoms with Gasteiger partial charge in [-0.15, -0.1) is 0 Å². The van der Waals surface area contributed by atoms with Crippen LogP contribution in [0.15, 0.2) is 24.3 Å². The molecule has 0 aromatic heterocycles. The quantitative estimate of drug-likeness (QED) is 0.735. The first kappa shape index (κ1) is 11.0. The second-order valence-electron chi connectivity index (χ2n) is 2.99. The molecule has 4 heteroatoms. The summed E-state index contributed by atoms with van der Waals surface area (Å²) >= 11 is 4.01. The van der Waals surface area contributed by atoms with E-state index in [0.717, 1.165) is 0 Å². The first-order valence-electron chi connectivity index (χ1n) is 4.31. The van der Waals surface area contributed by atoms with E-state index in [4.69, 9.17) is 5.73 Å². The first-order chi connectivity index (χ1) is 6.66. The highest BCUT2D eigenvalue weighted by Crippen LogP contribution is 2.22. The maximum absolute atomic E-state index is 13.3. The minimum Gasteiger partial charge on any atom is -0.369 e. The molecule has 0 aliphatic rings. The van der Waals surface area contributed by atoms with Crippen LogP contribution in [0.25, 0.3) is 0 Å². The van der Waals surface area contributed by atoms with Gasteiger partial charge in [-0.1, -0.05) is 18.2 Å². The summed E-state index contributed by atoms with van der Waals surface area (Å²) in [6, 6.07) is 6.17. The molecular weight excluding hydrogens is 201 g/mol. The van der Waals surface area contributed by atoms with E-state index in [1.54, 1.807) is 18.2 Å². The van der Waals surface area contributed by atoms with Gasteiger partial charge in [-0.25, -0.2) is 4.39 Å². The highest BCUT2D eigenvalue weighted by Gasteiger charge is 2.19. The van der Waals surface area contributed by atoms with E-state index in [9.17, 15) is 9.18 Å². The van der Waals surface area contributed by atoms with Gasteiger partial charge in [0.25, 0.3) is 0 Å². The van der Waals surface area contributed by atoms with Gasteiger partial charge in [0.05, 0.1) is 5.92 Å². The molecule has 0 spiro atoms. The molecule has 0 radical (unpaired) electrons. The standard InChI is InChI=1S/C10H12FNOS/c11-9-4-2-1-3-7(9)8(5-6-14)10(12)13/h1-4,8,14H,5-6H2,(H2,12,13). The molecule has 1 rings (SSSR count). The molecule has 1 aromatic rings. The lowest BCUT2D eigenvalue weighted by molar-refractivity contribution is -0.119. The Morgan fingerprint density at radius 3 is 2.64 bits per heavy atom. The fraction of sp³-hybridized carbons (Fsp3) is 0.300. The summed E-state index contributed by atoms with van der Waals surface area (Å²) in [6.07, 6.45) is 0.458. The Bertz CT molecular complexity index is 330. The van der Waals surface area contributed by atoms with Crippen LogP contribution in [0.5, 0.6) is 0 Å². The molecule has 2 nitrogen and oxygen atoms in total. The number of rotatable bonds is 4. The van der Waals surface area contributed by atoms with E-state index in [-0.39, 0.29) is 0 Å². The van der Waals surface area contributed by atoms with Crippen LogP contribution in [0.4, 0.5) is 4.39 Å². The fourth-order valence-corrected chi connectivity index (χ4v) is 1.60. The van der Waals surface area contributed by atoms with Gasteiger partial charge >= 0.3 is 0 Å². The molecule has 0 saturated heterocycles. The van der Waals surface area contributed by atoms with Crippen LogP contribution in [-0.2, 0) is 4.79 Å². The van der Waals surface area contributed by atoms with Gasteiger partial charge in [0.2, 0.25) is 5.91 Å². The van der Waals surface area contributed by atoms with E-state index in [2.05, 4.69) is 12.6 Å². The Labute approximate surface area is 87.7 Å². The molecule has 76 valence electrons. The predicted octanol–water partition coefficient (Wildman–Crippen LogP) is 1.71. The van der Waals surface area contributed by atoms with E-state index in [1.165, 1.54) is 6.07 Å². The van der Waals surface area contributed by atoms with Gasteiger partial charge in [0, 0.05) is 5.56 Å². The van der Waals surface area contributed by atoms with Gasteiger partial charge in [-0.05, 0) is 18.2 Å². The van der Waals surface area contributed by atoms with Crippen molar-refractivity contribution in [3.05, 3.63) is 35.6 Å². The summed E-state index contributed by atoms with van der Waals surface area (Å²) in [5, 5.41) is 0. The summed E-state index contributed by atoms with van der Waals surface area (Å²) < 4.78 is 13.3. The van der Waals surface area contributed by atoms with Crippen molar-refractivity contribution in [3.63, 3.8) is 0 Å². The summed E-state index contributed by atoms with van der Waals surface area (Å²) in [7, 11) is 0. The summed E-state index contributed by atoms with van der Waals surface area (Å²) in [5.74, 6) is -0.974. The molecule has 1 unspecified atom stereocenters. The van der Waals surface area contributed by atoms with Crippen LogP contribution in [0.2, 0.25) is 0 Å². The zero-order chi connectivity index (χ0) is 10.6. The van der Waals surface area contributed by atoms with Crippen LogP contribution in [-0.4, -0.2) is 11.7 Å². The third-order valence-corrected chi connectivity index (χ3v) is 2.30. The number of primary amides is 1. The maximum Gasteiger partial charge on any atom is 0.225 e. The Balaban J connectivity index is 2.99. The summed E-state index contributed by atoms with van der Waals surface area (Å²) in [5.41, 5.74) is 5.54. The van der Waals surface area contributed by atoms with E-state index >= 15 is 0 Å². The van der Waals surface area contributed by atoms with Crippen molar-refractivity contribution in [2.75, 3.05) is 5.75 Å². The Kier molecular flexibility index (Phi) is 3.95. The zero-order valence-electron chi connectivity index (χ0n) is 7.61. The molecule has 1 aromatic carbocycles. The number of thiol groups is 1.